The second-order valence-corrected chi connectivity index (χ2v) is 4.30. The van der Waals surface area contributed by atoms with Crippen LogP contribution in [0.15, 0.2) is 28.8 Å². The van der Waals surface area contributed by atoms with Crippen LogP contribution < -0.4 is 5.73 Å². The van der Waals surface area contributed by atoms with E-state index < -0.39 is 0 Å². The molecule has 0 radical (unpaired) electrons. The Hall–Kier alpha value is -2.81. The van der Waals surface area contributed by atoms with Gasteiger partial charge < -0.3 is 14.8 Å². The molecule has 0 atom stereocenters. The fourth-order valence-corrected chi connectivity index (χ4v) is 2.03. The molecule has 0 aliphatic carbocycles. The molecule has 0 saturated carbocycles. The molecule has 3 rings (SSSR count). The second-order valence-electron chi connectivity index (χ2n) is 4.30. The van der Waals surface area contributed by atoms with Crippen LogP contribution in [-0.4, -0.2) is 14.7 Å². The molecule has 0 aliphatic heterocycles. The van der Waals surface area contributed by atoms with E-state index >= 15 is 0 Å². The molecule has 0 bridgehead atoms. The van der Waals surface area contributed by atoms with E-state index in [4.69, 9.17) is 15.5 Å². The molecular formula is C13H11N5O. The molecule has 0 fully saturated rings. The molecule has 94 valence electrons. The van der Waals surface area contributed by atoms with Crippen molar-refractivity contribution in [2.45, 2.75) is 13.5 Å². The number of nitrogens with zero attached hydrogens (tertiary/aromatic N) is 4. The number of hydrogen-bond acceptors (Lipinski definition) is 5. The zero-order valence-corrected chi connectivity index (χ0v) is 10.3. The fraction of sp³-hybridized carbons (Fsp3) is 0.154. The van der Waals surface area contributed by atoms with Gasteiger partial charge >= 0.3 is 0 Å². The third-order valence-electron chi connectivity index (χ3n) is 2.90. The molecule has 2 heterocycles. The van der Waals surface area contributed by atoms with E-state index in [9.17, 15) is 0 Å². The normalized spacial score (nSPS) is 10.7. The lowest BCUT2D eigenvalue weighted by Gasteiger charge is -2.03. The van der Waals surface area contributed by atoms with E-state index in [0.29, 0.717) is 18.1 Å². The van der Waals surface area contributed by atoms with Crippen molar-refractivity contribution in [3.8, 4) is 6.07 Å². The summed E-state index contributed by atoms with van der Waals surface area (Å²) in [4.78, 5) is 4.26. The Labute approximate surface area is 109 Å². The SMILES string of the molecule is Cc1cc(Cn2c(N)nc3ccc(C#N)cc32)no1. The maximum absolute atomic E-state index is 8.95. The Bertz CT molecular complexity index is 793. The lowest BCUT2D eigenvalue weighted by molar-refractivity contribution is 0.389. The lowest BCUT2D eigenvalue weighted by Crippen LogP contribution is -2.04. The fourth-order valence-electron chi connectivity index (χ4n) is 2.03. The minimum atomic E-state index is 0.394. The number of aryl methyl sites for hydroxylation is 1. The van der Waals surface area contributed by atoms with Crippen LogP contribution in [0.4, 0.5) is 5.95 Å². The largest absolute Gasteiger partial charge is 0.369 e. The van der Waals surface area contributed by atoms with Gasteiger partial charge in [0.05, 0.1) is 29.2 Å². The first-order chi connectivity index (χ1) is 9.17. The maximum Gasteiger partial charge on any atom is 0.201 e. The summed E-state index contributed by atoms with van der Waals surface area (Å²) in [5.41, 5.74) is 8.83. The van der Waals surface area contributed by atoms with E-state index in [1.54, 1.807) is 18.2 Å². The smallest absolute Gasteiger partial charge is 0.201 e. The molecule has 0 saturated heterocycles. The number of nitriles is 1. The Morgan fingerprint density at radius 3 is 2.95 bits per heavy atom. The molecule has 3 aromatic rings. The summed E-state index contributed by atoms with van der Waals surface area (Å²) in [5.74, 6) is 1.14. The van der Waals surface area contributed by atoms with Crippen molar-refractivity contribution < 1.29 is 4.52 Å². The molecule has 0 aliphatic rings. The van der Waals surface area contributed by atoms with Crippen LogP contribution in [0, 0.1) is 18.3 Å². The van der Waals surface area contributed by atoms with Crippen molar-refractivity contribution in [3.63, 3.8) is 0 Å². The summed E-state index contributed by atoms with van der Waals surface area (Å²) in [7, 11) is 0. The molecule has 19 heavy (non-hydrogen) atoms. The number of fused-ring (bicyclic) bond motifs is 1. The first-order valence-corrected chi connectivity index (χ1v) is 5.75. The van der Waals surface area contributed by atoms with Crippen LogP contribution in [0.25, 0.3) is 11.0 Å². The van der Waals surface area contributed by atoms with Gasteiger partial charge in [-0.25, -0.2) is 4.98 Å². The van der Waals surface area contributed by atoms with Gasteiger partial charge in [-0.2, -0.15) is 5.26 Å². The van der Waals surface area contributed by atoms with Crippen molar-refractivity contribution in [3.05, 3.63) is 41.3 Å². The van der Waals surface area contributed by atoms with E-state index in [2.05, 4.69) is 16.2 Å². The van der Waals surface area contributed by atoms with Gasteiger partial charge in [0.25, 0.3) is 0 Å². The maximum atomic E-state index is 8.95. The minimum Gasteiger partial charge on any atom is -0.369 e. The topological polar surface area (TPSA) is 93.7 Å². The molecule has 0 unspecified atom stereocenters. The standard InChI is InChI=1S/C13H11N5O/c1-8-4-10(17-19-8)7-18-12-5-9(6-14)2-3-11(12)16-13(18)15/h2-5H,7H2,1H3,(H2,15,16). The van der Waals surface area contributed by atoms with Gasteiger partial charge in [-0.1, -0.05) is 5.16 Å². The molecule has 0 spiro atoms. The third kappa shape index (κ3) is 1.91. The molecule has 2 aromatic heterocycles. The predicted molar refractivity (Wildman–Crippen MR) is 69.2 cm³/mol. The van der Waals surface area contributed by atoms with Crippen LogP contribution >= 0.6 is 0 Å². The number of aromatic nitrogens is 3. The molecule has 6 nitrogen and oxygen atoms in total. The van der Waals surface area contributed by atoms with Crippen LogP contribution in [-0.2, 0) is 6.54 Å². The predicted octanol–water partition coefficient (Wildman–Crippen LogP) is 1.83. The summed E-state index contributed by atoms with van der Waals surface area (Å²) in [6, 6.07) is 9.23. The minimum absolute atomic E-state index is 0.394. The summed E-state index contributed by atoms with van der Waals surface area (Å²) in [5, 5.41) is 12.9. The molecular weight excluding hydrogens is 242 g/mol. The molecule has 0 amide bonds. The lowest BCUT2D eigenvalue weighted by atomic mass is 10.2. The molecule has 6 heteroatoms. The van der Waals surface area contributed by atoms with Gasteiger partial charge in [0.2, 0.25) is 5.95 Å². The number of hydrogen-bond donors (Lipinski definition) is 1. The van der Waals surface area contributed by atoms with E-state index in [0.717, 1.165) is 22.5 Å². The van der Waals surface area contributed by atoms with Gasteiger partial charge in [-0.3, -0.25) is 0 Å². The zero-order valence-electron chi connectivity index (χ0n) is 10.3. The number of benzene rings is 1. The highest BCUT2D eigenvalue weighted by Crippen LogP contribution is 2.20. The second kappa shape index (κ2) is 4.14. The highest BCUT2D eigenvalue weighted by atomic mass is 16.5. The highest BCUT2D eigenvalue weighted by Gasteiger charge is 2.11. The van der Waals surface area contributed by atoms with Crippen LogP contribution in [0.1, 0.15) is 17.0 Å². The summed E-state index contributed by atoms with van der Waals surface area (Å²) in [6.07, 6.45) is 0. The number of imidazole rings is 1. The van der Waals surface area contributed by atoms with Crippen LogP contribution in [0.5, 0.6) is 0 Å². The number of rotatable bonds is 2. The van der Waals surface area contributed by atoms with E-state index in [-0.39, 0.29) is 0 Å². The van der Waals surface area contributed by atoms with Crippen molar-refractivity contribution >= 4 is 17.0 Å². The summed E-state index contributed by atoms with van der Waals surface area (Å²) < 4.78 is 6.85. The first kappa shape index (κ1) is 11.3. The quantitative estimate of drug-likeness (QED) is 0.752. The Kier molecular flexibility index (Phi) is 2.46. The Morgan fingerprint density at radius 1 is 1.42 bits per heavy atom. The van der Waals surface area contributed by atoms with Gasteiger partial charge in [-0.15, -0.1) is 0 Å². The average molecular weight is 253 g/mol. The third-order valence-corrected chi connectivity index (χ3v) is 2.90. The number of nitrogens with two attached hydrogens (primary N) is 1. The van der Waals surface area contributed by atoms with Gasteiger partial charge in [-0.05, 0) is 25.1 Å². The van der Waals surface area contributed by atoms with Gasteiger partial charge in [0, 0.05) is 6.07 Å². The van der Waals surface area contributed by atoms with Crippen molar-refractivity contribution in [1.29, 1.82) is 5.26 Å². The van der Waals surface area contributed by atoms with Gasteiger partial charge in [0.1, 0.15) is 11.5 Å². The number of nitrogen functional groups attached to an aromatic ring is 1. The van der Waals surface area contributed by atoms with E-state index in [1.807, 2.05) is 17.6 Å². The molecule has 2 N–H and O–H groups in total. The van der Waals surface area contributed by atoms with Crippen LogP contribution in [0.3, 0.4) is 0 Å². The van der Waals surface area contributed by atoms with Crippen molar-refractivity contribution in [1.82, 2.24) is 14.7 Å². The summed E-state index contributed by atoms with van der Waals surface area (Å²) in [6.45, 7) is 2.30. The van der Waals surface area contributed by atoms with Crippen molar-refractivity contribution in [2.24, 2.45) is 0 Å². The monoisotopic (exact) mass is 253 g/mol. The molecule has 1 aromatic carbocycles. The van der Waals surface area contributed by atoms with E-state index in [1.165, 1.54) is 0 Å². The zero-order chi connectivity index (χ0) is 13.4. The highest BCUT2D eigenvalue weighted by molar-refractivity contribution is 5.79. The first-order valence-electron chi connectivity index (χ1n) is 5.75. The average Bonchev–Trinajstić information content (AvgIpc) is 2.94. The Balaban J connectivity index is 2.11. The van der Waals surface area contributed by atoms with Crippen LogP contribution in [0.2, 0.25) is 0 Å². The Morgan fingerprint density at radius 2 is 2.26 bits per heavy atom. The van der Waals surface area contributed by atoms with Gasteiger partial charge in [0.15, 0.2) is 0 Å². The number of anilines is 1. The summed E-state index contributed by atoms with van der Waals surface area (Å²) >= 11 is 0. The van der Waals surface area contributed by atoms with Crippen molar-refractivity contribution in [2.75, 3.05) is 5.73 Å².